The third kappa shape index (κ3) is 5.85. The number of aromatic hydroxyl groups is 2. The number of aryl methyl sites for hydroxylation is 2. The van der Waals surface area contributed by atoms with Crippen molar-refractivity contribution in [2.45, 2.75) is 78.1 Å². The summed E-state index contributed by atoms with van der Waals surface area (Å²) in [5, 5.41) is 20.1. The maximum atomic E-state index is 10.3. The van der Waals surface area contributed by atoms with E-state index in [1.807, 2.05) is 0 Å². The molecule has 0 saturated heterocycles. The van der Waals surface area contributed by atoms with Gasteiger partial charge in [-0.1, -0.05) is 52.4 Å². The van der Waals surface area contributed by atoms with Crippen LogP contribution in [0.4, 0.5) is 0 Å². The van der Waals surface area contributed by atoms with Crippen molar-refractivity contribution in [2.24, 2.45) is 0 Å². The van der Waals surface area contributed by atoms with Crippen molar-refractivity contribution in [1.29, 1.82) is 0 Å². The van der Waals surface area contributed by atoms with Gasteiger partial charge >= 0.3 is 0 Å². The first kappa shape index (κ1) is 16.9. The van der Waals surface area contributed by atoms with Crippen LogP contribution in [0.5, 0.6) is 11.5 Å². The lowest BCUT2D eigenvalue weighted by Crippen LogP contribution is -1.93. The van der Waals surface area contributed by atoms with Crippen LogP contribution in [0.3, 0.4) is 0 Å². The Labute approximate surface area is 123 Å². The van der Waals surface area contributed by atoms with Gasteiger partial charge in [0.25, 0.3) is 0 Å². The zero-order valence-electron chi connectivity index (χ0n) is 13.1. The quantitative estimate of drug-likeness (QED) is 0.448. The maximum Gasteiger partial charge on any atom is 0.122 e. The number of rotatable bonds is 10. The van der Waals surface area contributed by atoms with E-state index in [9.17, 15) is 10.2 Å². The van der Waals surface area contributed by atoms with Crippen molar-refractivity contribution in [1.82, 2.24) is 0 Å². The van der Waals surface area contributed by atoms with Crippen LogP contribution in [0.15, 0.2) is 12.1 Å². The highest BCUT2D eigenvalue weighted by Crippen LogP contribution is 2.30. The molecule has 114 valence electrons. The monoisotopic (exact) mass is 278 g/mol. The van der Waals surface area contributed by atoms with E-state index in [0.717, 1.165) is 36.8 Å². The van der Waals surface area contributed by atoms with E-state index in [0.29, 0.717) is 11.5 Å². The van der Waals surface area contributed by atoms with Gasteiger partial charge in [0.1, 0.15) is 11.5 Å². The van der Waals surface area contributed by atoms with Gasteiger partial charge in [0, 0.05) is 0 Å². The summed E-state index contributed by atoms with van der Waals surface area (Å²) in [7, 11) is 0. The van der Waals surface area contributed by atoms with Crippen molar-refractivity contribution in [3.05, 3.63) is 23.3 Å². The Morgan fingerprint density at radius 3 is 1.55 bits per heavy atom. The van der Waals surface area contributed by atoms with E-state index in [2.05, 4.69) is 13.8 Å². The van der Waals surface area contributed by atoms with E-state index in [4.69, 9.17) is 0 Å². The fraction of sp³-hybridized carbons (Fsp3) is 0.667. The number of benzene rings is 1. The van der Waals surface area contributed by atoms with Crippen LogP contribution >= 0.6 is 0 Å². The Hall–Kier alpha value is -1.18. The molecule has 0 amide bonds. The number of phenols is 2. The van der Waals surface area contributed by atoms with Crippen LogP contribution in [0.1, 0.15) is 76.3 Å². The SMILES string of the molecule is CCCCCCc1cc(O)cc(CCCCCC)c1O. The molecule has 2 heteroatoms. The molecule has 1 aromatic carbocycles. The molecular formula is C18H30O2. The molecule has 1 aromatic rings. The summed E-state index contributed by atoms with van der Waals surface area (Å²) >= 11 is 0. The van der Waals surface area contributed by atoms with Gasteiger partial charge in [-0.15, -0.1) is 0 Å². The van der Waals surface area contributed by atoms with E-state index in [1.54, 1.807) is 12.1 Å². The minimum Gasteiger partial charge on any atom is -0.508 e. The van der Waals surface area contributed by atoms with Gasteiger partial charge in [0.15, 0.2) is 0 Å². The highest BCUT2D eigenvalue weighted by atomic mass is 16.3. The molecule has 0 saturated carbocycles. The zero-order valence-corrected chi connectivity index (χ0v) is 13.1. The molecule has 0 radical (unpaired) electrons. The van der Waals surface area contributed by atoms with Crippen molar-refractivity contribution in [2.75, 3.05) is 0 Å². The van der Waals surface area contributed by atoms with Crippen molar-refractivity contribution >= 4 is 0 Å². The van der Waals surface area contributed by atoms with Gasteiger partial charge in [-0.2, -0.15) is 0 Å². The summed E-state index contributed by atoms with van der Waals surface area (Å²) in [4.78, 5) is 0. The first-order chi connectivity index (χ1) is 9.69. The molecule has 0 bridgehead atoms. The fourth-order valence-corrected chi connectivity index (χ4v) is 2.61. The summed E-state index contributed by atoms with van der Waals surface area (Å²) in [6.07, 6.45) is 11.2. The summed E-state index contributed by atoms with van der Waals surface area (Å²) < 4.78 is 0. The van der Waals surface area contributed by atoms with E-state index < -0.39 is 0 Å². The molecule has 2 N–H and O–H groups in total. The van der Waals surface area contributed by atoms with E-state index in [1.165, 1.54) is 38.5 Å². The van der Waals surface area contributed by atoms with Crippen LogP contribution in [0, 0.1) is 0 Å². The van der Waals surface area contributed by atoms with Gasteiger partial charge in [-0.3, -0.25) is 0 Å². The summed E-state index contributed by atoms with van der Waals surface area (Å²) in [5.74, 6) is 0.703. The van der Waals surface area contributed by atoms with Crippen LogP contribution in [0.2, 0.25) is 0 Å². The normalized spacial score (nSPS) is 10.9. The standard InChI is InChI=1S/C18H30O2/c1-3-5-7-9-11-15-13-17(19)14-16(18(15)20)12-10-8-6-4-2/h13-14,19-20H,3-12H2,1-2H3. The first-order valence-corrected chi connectivity index (χ1v) is 8.22. The molecular weight excluding hydrogens is 248 g/mol. The van der Waals surface area contributed by atoms with Crippen LogP contribution in [0.25, 0.3) is 0 Å². The molecule has 0 heterocycles. The second-order valence-corrected chi connectivity index (χ2v) is 5.73. The van der Waals surface area contributed by atoms with Crippen LogP contribution in [-0.2, 0) is 12.8 Å². The third-order valence-electron chi connectivity index (χ3n) is 3.85. The molecule has 0 fully saturated rings. The molecule has 20 heavy (non-hydrogen) atoms. The summed E-state index contributed by atoms with van der Waals surface area (Å²) in [6.45, 7) is 4.39. The molecule has 0 aliphatic carbocycles. The Balaban J connectivity index is 2.59. The van der Waals surface area contributed by atoms with Crippen LogP contribution < -0.4 is 0 Å². The number of hydrogen-bond donors (Lipinski definition) is 2. The van der Waals surface area contributed by atoms with Crippen molar-refractivity contribution in [3.8, 4) is 11.5 Å². The summed E-state index contributed by atoms with van der Waals surface area (Å²) in [6, 6.07) is 3.44. The summed E-state index contributed by atoms with van der Waals surface area (Å²) in [5.41, 5.74) is 1.82. The van der Waals surface area contributed by atoms with Crippen molar-refractivity contribution in [3.63, 3.8) is 0 Å². The molecule has 1 rings (SSSR count). The topological polar surface area (TPSA) is 40.5 Å². The smallest absolute Gasteiger partial charge is 0.122 e. The lowest BCUT2D eigenvalue weighted by atomic mass is 9.98. The van der Waals surface area contributed by atoms with Crippen molar-refractivity contribution < 1.29 is 10.2 Å². The van der Waals surface area contributed by atoms with E-state index in [-0.39, 0.29) is 0 Å². The molecule has 2 nitrogen and oxygen atoms in total. The lowest BCUT2D eigenvalue weighted by Gasteiger charge is -2.11. The third-order valence-corrected chi connectivity index (χ3v) is 3.85. The lowest BCUT2D eigenvalue weighted by molar-refractivity contribution is 0.444. The van der Waals surface area contributed by atoms with Gasteiger partial charge in [0.05, 0.1) is 0 Å². The second-order valence-electron chi connectivity index (χ2n) is 5.73. The van der Waals surface area contributed by atoms with Gasteiger partial charge in [-0.25, -0.2) is 0 Å². The van der Waals surface area contributed by atoms with Crippen LogP contribution in [-0.4, -0.2) is 10.2 Å². The molecule has 0 atom stereocenters. The Morgan fingerprint density at radius 1 is 0.700 bits per heavy atom. The molecule has 0 aromatic heterocycles. The maximum absolute atomic E-state index is 10.3. The Kier molecular flexibility index (Phi) is 8.17. The Bertz CT molecular complexity index is 352. The highest BCUT2D eigenvalue weighted by molar-refractivity contribution is 5.46. The minimum absolute atomic E-state index is 0.291. The van der Waals surface area contributed by atoms with Gasteiger partial charge < -0.3 is 10.2 Å². The predicted molar refractivity (Wildman–Crippen MR) is 85.5 cm³/mol. The molecule has 0 aliphatic heterocycles. The average Bonchev–Trinajstić information content (AvgIpc) is 2.44. The molecule has 0 aliphatic rings. The zero-order chi connectivity index (χ0) is 14.8. The predicted octanol–water partition coefficient (Wildman–Crippen LogP) is 5.34. The minimum atomic E-state index is 0.291. The number of unbranched alkanes of at least 4 members (excludes halogenated alkanes) is 6. The molecule has 0 spiro atoms. The average molecular weight is 278 g/mol. The largest absolute Gasteiger partial charge is 0.508 e. The number of hydrogen-bond acceptors (Lipinski definition) is 2. The first-order valence-electron chi connectivity index (χ1n) is 8.22. The second kappa shape index (κ2) is 9.68. The fourth-order valence-electron chi connectivity index (χ4n) is 2.61. The Morgan fingerprint density at radius 2 is 1.15 bits per heavy atom. The van der Waals surface area contributed by atoms with Gasteiger partial charge in [-0.05, 0) is 48.9 Å². The van der Waals surface area contributed by atoms with E-state index >= 15 is 0 Å². The molecule has 0 unspecified atom stereocenters. The van der Waals surface area contributed by atoms with Gasteiger partial charge in [0.2, 0.25) is 0 Å². The number of phenolic OH excluding ortho intramolecular Hbond substituents is 2. The highest BCUT2D eigenvalue weighted by Gasteiger charge is 2.09.